The van der Waals surface area contributed by atoms with E-state index in [0.29, 0.717) is 10.6 Å². The van der Waals surface area contributed by atoms with Crippen molar-refractivity contribution in [2.24, 2.45) is 0 Å². The molecular formula is C10H15NO4S. The summed E-state index contributed by atoms with van der Waals surface area (Å²) in [4.78, 5) is 12.1. The molecule has 1 atom stereocenters. The van der Waals surface area contributed by atoms with Crippen molar-refractivity contribution in [1.82, 2.24) is 5.32 Å². The highest BCUT2D eigenvalue weighted by atomic mass is 32.1. The fraction of sp³-hybridized carbons (Fsp3) is 0.500. The zero-order chi connectivity index (χ0) is 12.0. The molecule has 6 heteroatoms. The summed E-state index contributed by atoms with van der Waals surface area (Å²) in [6.07, 6.45) is -0.684. The Labute approximate surface area is 98.0 Å². The van der Waals surface area contributed by atoms with Gasteiger partial charge in [-0.1, -0.05) is 0 Å². The highest BCUT2D eigenvalue weighted by Crippen LogP contribution is 2.20. The van der Waals surface area contributed by atoms with Crippen LogP contribution in [0.25, 0.3) is 0 Å². The van der Waals surface area contributed by atoms with Crippen molar-refractivity contribution in [1.29, 1.82) is 0 Å². The van der Waals surface area contributed by atoms with E-state index in [1.807, 2.05) is 0 Å². The lowest BCUT2D eigenvalue weighted by molar-refractivity contribution is 0.0610. The van der Waals surface area contributed by atoms with Gasteiger partial charge in [0.05, 0.1) is 24.7 Å². The van der Waals surface area contributed by atoms with Gasteiger partial charge in [-0.3, -0.25) is 4.79 Å². The molecule has 5 nitrogen and oxygen atoms in total. The number of ether oxygens (including phenoxy) is 2. The molecule has 2 N–H and O–H groups in total. The van der Waals surface area contributed by atoms with Crippen LogP contribution in [0, 0.1) is 0 Å². The number of methoxy groups -OCH3 is 2. The van der Waals surface area contributed by atoms with Crippen LogP contribution in [0.5, 0.6) is 5.75 Å². The molecule has 1 unspecified atom stereocenters. The lowest BCUT2D eigenvalue weighted by Gasteiger charge is -2.09. The van der Waals surface area contributed by atoms with Crippen LogP contribution < -0.4 is 10.1 Å². The molecule has 1 heterocycles. The number of aliphatic hydroxyl groups excluding tert-OH is 1. The fourth-order valence-electron chi connectivity index (χ4n) is 1.09. The summed E-state index contributed by atoms with van der Waals surface area (Å²) in [6, 6.07) is 1.66. The number of carbonyl (C=O) groups is 1. The molecule has 0 aromatic carbocycles. The van der Waals surface area contributed by atoms with E-state index in [1.165, 1.54) is 18.4 Å². The highest BCUT2D eigenvalue weighted by molar-refractivity contribution is 7.12. The molecule has 0 saturated carbocycles. The van der Waals surface area contributed by atoms with Crippen LogP contribution in [0.15, 0.2) is 11.4 Å². The van der Waals surface area contributed by atoms with Crippen LogP contribution in [0.1, 0.15) is 9.67 Å². The highest BCUT2D eigenvalue weighted by Gasteiger charge is 2.11. The molecule has 1 aromatic rings. The lowest BCUT2D eigenvalue weighted by atomic mass is 10.3. The SMILES string of the molecule is COCC(O)CNC(=O)c1cc(OC)cs1. The molecule has 90 valence electrons. The number of rotatable bonds is 6. The summed E-state index contributed by atoms with van der Waals surface area (Å²) in [5.74, 6) is 0.441. The van der Waals surface area contributed by atoms with Gasteiger partial charge < -0.3 is 19.9 Å². The van der Waals surface area contributed by atoms with Crippen LogP contribution in [-0.4, -0.2) is 44.5 Å². The Balaban J connectivity index is 2.40. The Morgan fingerprint density at radius 3 is 2.94 bits per heavy atom. The summed E-state index contributed by atoms with van der Waals surface area (Å²) in [5.41, 5.74) is 0. The van der Waals surface area contributed by atoms with E-state index >= 15 is 0 Å². The lowest BCUT2D eigenvalue weighted by Crippen LogP contribution is -2.33. The second-order valence-corrected chi connectivity index (χ2v) is 4.08. The zero-order valence-corrected chi connectivity index (χ0v) is 10.0. The van der Waals surface area contributed by atoms with E-state index in [1.54, 1.807) is 18.6 Å². The van der Waals surface area contributed by atoms with Gasteiger partial charge in [0.1, 0.15) is 5.75 Å². The third kappa shape index (κ3) is 3.80. The Morgan fingerprint density at radius 1 is 1.62 bits per heavy atom. The number of amides is 1. The first-order valence-electron chi connectivity index (χ1n) is 4.75. The third-order valence-electron chi connectivity index (χ3n) is 1.89. The molecule has 0 fully saturated rings. The molecule has 0 aliphatic carbocycles. The third-order valence-corrected chi connectivity index (χ3v) is 2.80. The maximum atomic E-state index is 11.6. The molecular weight excluding hydrogens is 230 g/mol. The van der Waals surface area contributed by atoms with E-state index in [0.717, 1.165) is 0 Å². The first kappa shape index (κ1) is 13.0. The zero-order valence-electron chi connectivity index (χ0n) is 9.23. The predicted octanol–water partition coefficient (Wildman–Crippen LogP) is 0.494. The molecule has 1 rings (SSSR count). The average Bonchev–Trinajstić information content (AvgIpc) is 2.75. The number of nitrogens with one attached hydrogen (secondary N) is 1. The fourth-order valence-corrected chi connectivity index (χ4v) is 1.86. The van der Waals surface area contributed by atoms with Gasteiger partial charge in [-0.25, -0.2) is 0 Å². The Hall–Kier alpha value is -1.11. The van der Waals surface area contributed by atoms with Crippen LogP contribution in [0.2, 0.25) is 0 Å². The molecule has 0 bridgehead atoms. The maximum absolute atomic E-state index is 11.6. The minimum Gasteiger partial charge on any atom is -0.496 e. The standard InChI is InChI=1S/C10H15NO4S/c1-14-5-7(12)4-11-10(13)9-3-8(15-2)6-16-9/h3,6-7,12H,4-5H2,1-2H3,(H,11,13). The molecule has 0 aliphatic heterocycles. The minimum atomic E-state index is -0.684. The first-order valence-corrected chi connectivity index (χ1v) is 5.63. The smallest absolute Gasteiger partial charge is 0.261 e. The van der Waals surface area contributed by atoms with E-state index in [9.17, 15) is 9.90 Å². The van der Waals surface area contributed by atoms with Gasteiger partial charge in [-0.2, -0.15) is 0 Å². The Kier molecular flexibility index (Phi) is 5.24. The van der Waals surface area contributed by atoms with Crippen molar-refractivity contribution in [3.05, 3.63) is 16.3 Å². The molecule has 1 amide bonds. The summed E-state index contributed by atoms with van der Waals surface area (Å²) < 4.78 is 9.71. The normalized spacial score (nSPS) is 12.2. The van der Waals surface area contributed by atoms with Crippen molar-refractivity contribution in [2.45, 2.75) is 6.10 Å². The summed E-state index contributed by atoms with van der Waals surface area (Å²) >= 11 is 1.30. The molecule has 0 saturated heterocycles. The van der Waals surface area contributed by atoms with Crippen molar-refractivity contribution in [3.8, 4) is 5.75 Å². The number of hydrogen-bond donors (Lipinski definition) is 2. The van der Waals surface area contributed by atoms with E-state index in [-0.39, 0.29) is 19.1 Å². The van der Waals surface area contributed by atoms with Gasteiger partial charge in [0.2, 0.25) is 0 Å². The summed E-state index contributed by atoms with van der Waals surface area (Å²) in [7, 11) is 3.04. The average molecular weight is 245 g/mol. The van der Waals surface area contributed by atoms with Crippen LogP contribution in [0.3, 0.4) is 0 Å². The summed E-state index contributed by atoms with van der Waals surface area (Å²) in [5, 5.41) is 13.7. The van der Waals surface area contributed by atoms with Crippen molar-refractivity contribution in [2.75, 3.05) is 27.4 Å². The van der Waals surface area contributed by atoms with Gasteiger partial charge >= 0.3 is 0 Å². The number of carbonyl (C=O) groups excluding carboxylic acids is 1. The number of aliphatic hydroxyl groups is 1. The van der Waals surface area contributed by atoms with Gasteiger partial charge in [0, 0.05) is 25.1 Å². The summed E-state index contributed by atoms with van der Waals surface area (Å²) in [6.45, 7) is 0.376. The Morgan fingerprint density at radius 2 is 2.38 bits per heavy atom. The molecule has 1 aromatic heterocycles. The van der Waals surface area contributed by atoms with Crippen molar-refractivity contribution < 1.29 is 19.4 Å². The largest absolute Gasteiger partial charge is 0.496 e. The van der Waals surface area contributed by atoms with Gasteiger partial charge in [-0.05, 0) is 0 Å². The van der Waals surface area contributed by atoms with Crippen molar-refractivity contribution in [3.63, 3.8) is 0 Å². The number of thiophene rings is 1. The minimum absolute atomic E-state index is 0.174. The van der Waals surface area contributed by atoms with Gasteiger partial charge in [-0.15, -0.1) is 11.3 Å². The monoisotopic (exact) mass is 245 g/mol. The van der Waals surface area contributed by atoms with E-state index < -0.39 is 6.10 Å². The maximum Gasteiger partial charge on any atom is 0.261 e. The van der Waals surface area contributed by atoms with Crippen LogP contribution in [0.4, 0.5) is 0 Å². The molecule has 0 spiro atoms. The molecule has 0 radical (unpaired) electrons. The first-order chi connectivity index (χ1) is 7.67. The predicted molar refractivity (Wildman–Crippen MR) is 61.1 cm³/mol. The van der Waals surface area contributed by atoms with Crippen molar-refractivity contribution >= 4 is 17.2 Å². The quantitative estimate of drug-likeness (QED) is 0.765. The van der Waals surface area contributed by atoms with Gasteiger partial charge in [0.25, 0.3) is 5.91 Å². The molecule has 16 heavy (non-hydrogen) atoms. The van der Waals surface area contributed by atoms with Gasteiger partial charge in [0.15, 0.2) is 0 Å². The molecule has 0 aliphatic rings. The van der Waals surface area contributed by atoms with Crippen LogP contribution >= 0.6 is 11.3 Å². The second kappa shape index (κ2) is 6.47. The van der Waals surface area contributed by atoms with Crippen LogP contribution in [-0.2, 0) is 4.74 Å². The topological polar surface area (TPSA) is 67.8 Å². The second-order valence-electron chi connectivity index (χ2n) is 3.17. The number of hydrogen-bond acceptors (Lipinski definition) is 5. The van der Waals surface area contributed by atoms with E-state index in [4.69, 9.17) is 9.47 Å². The Bertz CT molecular complexity index is 339. The van der Waals surface area contributed by atoms with E-state index in [2.05, 4.69) is 5.32 Å².